The highest BCUT2D eigenvalue weighted by atomic mass is 32.1. The first-order valence-electron chi connectivity index (χ1n) is 8.34. The SMILES string of the molecule is c1ccc(-c2nnc3ccc(NCc4nc(-c5cccs5)n[nH]4)nn23)cc1. The molecule has 4 heterocycles. The summed E-state index contributed by atoms with van der Waals surface area (Å²) in [6.07, 6.45) is 0. The van der Waals surface area contributed by atoms with Gasteiger partial charge in [-0.1, -0.05) is 36.4 Å². The van der Waals surface area contributed by atoms with Crippen LogP contribution in [0.25, 0.3) is 27.7 Å². The van der Waals surface area contributed by atoms with Gasteiger partial charge in [-0.15, -0.1) is 26.6 Å². The van der Waals surface area contributed by atoms with Gasteiger partial charge in [0.2, 0.25) is 0 Å². The summed E-state index contributed by atoms with van der Waals surface area (Å²) >= 11 is 1.61. The van der Waals surface area contributed by atoms with Gasteiger partial charge in [0.05, 0.1) is 11.4 Å². The number of rotatable bonds is 5. The smallest absolute Gasteiger partial charge is 0.191 e. The molecule has 132 valence electrons. The van der Waals surface area contributed by atoms with Crippen molar-refractivity contribution in [2.45, 2.75) is 6.54 Å². The summed E-state index contributed by atoms with van der Waals surface area (Å²) in [5, 5.41) is 25.5. The average Bonchev–Trinajstić information content (AvgIpc) is 3.46. The van der Waals surface area contributed by atoms with Crippen molar-refractivity contribution in [2.24, 2.45) is 0 Å². The Hall–Kier alpha value is -3.59. The van der Waals surface area contributed by atoms with E-state index in [1.54, 1.807) is 15.9 Å². The van der Waals surface area contributed by atoms with E-state index in [0.717, 1.165) is 16.3 Å². The quantitative estimate of drug-likeness (QED) is 0.490. The normalized spacial score (nSPS) is 11.1. The van der Waals surface area contributed by atoms with Crippen molar-refractivity contribution < 1.29 is 0 Å². The summed E-state index contributed by atoms with van der Waals surface area (Å²) in [6.45, 7) is 0.486. The van der Waals surface area contributed by atoms with Gasteiger partial charge in [0.25, 0.3) is 0 Å². The van der Waals surface area contributed by atoms with Crippen LogP contribution in [0.2, 0.25) is 0 Å². The van der Waals surface area contributed by atoms with Crippen molar-refractivity contribution in [3.05, 3.63) is 65.8 Å². The molecule has 0 aliphatic rings. The number of hydrogen-bond acceptors (Lipinski definition) is 7. The highest BCUT2D eigenvalue weighted by molar-refractivity contribution is 7.13. The van der Waals surface area contributed by atoms with Gasteiger partial charge in [-0.25, -0.2) is 4.98 Å². The second-order valence-corrected chi connectivity index (χ2v) is 6.76. The summed E-state index contributed by atoms with van der Waals surface area (Å²) in [7, 11) is 0. The second kappa shape index (κ2) is 6.61. The van der Waals surface area contributed by atoms with Gasteiger partial charge >= 0.3 is 0 Å². The Morgan fingerprint density at radius 1 is 1.00 bits per heavy atom. The van der Waals surface area contributed by atoms with Crippen LogP contribution in [0.3, 0.4) is 0 Å². The summed E-state index contributed by atoms with van der Waals surface area (Å²) < 4.78 is 1.73. The standard InChI is InChI=1S/C18H14N8S/c1-2-5-12(6-3-1)18-24-22-16-9-8-14(25-26(16)18)19-11-15-20-17(23-21-15)13-7-4-10-27-13/h1-10H,11H2,(H,19,25)(H,20,21,23). The molecule has 0 aliphatic carbocycles. The predicted octanol–water partition coefficient (Wildman–Crippen LogP) is 3.25. The molecular formula is C18H14N8S. The molecule has 0 spiro atoms. The van der Waals surface area contributed by atoms with Crippen LogP contribution in [-0.4, -0.2) is 35.0 Å². The highest BCUT2D eigenvalue weighted by Crippen LogP contribution is 2.21. The van der Waals surface area contributed by atoms with Crippen molar-refractivity contribution in [3.63, 3.8) is 0 Å². The van der Waals surface area contributed by atoms with E-state index >= 15 is 0 Å². The number of hydrogen-bond donors (Lipinski definition) is 2. The van der Waals surface area contributed by atoms with Crippen molar-refractivity contribution >= 4 is 22.8 Å². The van der Waals surface area contributed by atoms with Crippen LogP contribution in [-0.2, 0) is 6.54 Å². The molecule has 0 unspecified atom stereocenters. The lowest BCUT2D eigenvalue weighted by molar-refractivity contribution is 0.901. The lowest BCUT2D eigenvalue weighted by Gasteiger charge is -2.04. The summed E-state index contributed by atoms with van der Waals surface area (Å²) in [5.74, 6) is 2.85. The van der Waals surface area contributed by atoms with Crippen molar-refractivity contribution in [1.29, 1.82) is 0 Å². The fourth-order valence-corrected chi connectivity index (χ4v) is 3.37. The van der Waals surface area contributed by atoms with E-state index in [2.05, 4.69) is 35.8 Å². The van der Waals surface area contributed by atoms with Gasteiger partial charge in [-0.05, 0) is 23.6 Å². The Morgan fingerprint density at radius 2 is 1.93 bits per heavy atom. The van der Waals surface area contributed by atoms with Gasteiger partial charge in [0, 0.05) is 5.56 Å². The third kappa shape index (κ3) is 3.04. The lowest BCUT2D eigenvalue weighted by Crippen LogP contribution is -2.06. The monoisotopic (exact) mass is 374 g/mol. The van der Waals surface area contributed by atoms with Crippen LogP contribution < -0.4 is 5.32 Å². The Bertz CT molecular complexity index is 1180. The van der Waals surface area contributed by atoms with E-state index in [1.165, 1.54) is 0 Å². The number of aromatic nitrogens is 7. The maximum Gasteiger partial charge on any atom is 0.191 e. The number of fused-ring (bicyclic) bond motifs is 1. The molecule has 5 aromatic rings. The van der Waals surface area contributed by atoms with Crippen molar-refractivity contribution in [2.75, 3.05) is 5.32 Å². The minimum Gasteiger partial charge on any atom is -0.361 e. The molecule has 0 saturated carbocycles. The summed E-state index contributed by atoms with van der Waals surface area (Å²) in [4.78, 5) is 5.54. The van der Waals surface area contributed by atoms with Crippen LogP contribution in [0.5, 0.6) is 0 Å². The van der Waals surface area contributed by atoms with Crippen molar-refractivity contribution in [1.82, 2.24) is 35.0 Å². The van der Waals surface area contributed by atoms with Crippen LogP contribution in [0, 0.1) is 0 Å². The van der Waals surface area contributed by atoms with Gasteiger partial charge in [-0.2, -0.15) is 9.61 Å². The first-order chi connectivity index (χ1) is 13.4. The molecule has 9 heteroatoms. The van der Waals surface area contributed by atoms with E-state index < -0.39 is 0 Å². The molecule has 1 aromatic carbocycles. The zero-order valence-electron chi connectivity index (χ0n) is 14.1. The Kier molecular flexibility index (Phi) is 3.83. The molecule has 0 aliphatic heterocycles. The third-order valence-electron chi connectivity index (χ3n) is 4.01. The number of nitrogens with one attached hydrogen (secondary N) is 2. The molecule has 27 heavy (non-hydrogen) atoms. The summed E-state index contributed by atoms with van der Waals surface area (Å²) in [6, 6.07) is 17.6. The van der Waals surface area contributed by atoms with E-state index in [0.29, 0.717) is 29.7 Å². The lowest BCUT2D eigenvalue weighted by atomic mass is 10.2. The van der Waals surface area contributed by atoms with Crippen LogP contribution >= 0.6 is 11.3 Å². The summed E-state index contributed by atoms with van der Waals surface area (Å²) in [5.41, 5.74) is 1.66. The number of aromatic amines is 1. The molecule has 0 atom stereocenters. The van der Waals surface area contributed by atoms with Crippen molar-refractivity contribution in [3.8, 4) is 22.1 Å². The van der Waals surface area contributed by atoms with Crippen LogP contribution in [0.4, 0.5) is 5.82 Å². The van der Waals surface area contributed by atoms with E-state index in [1.807, 2.05) is 60.0 Å². The number of thiophene rings is 1. The first kappa shape index (κ1) is 15.6. The maximum absolute atomic E-state index is 4.60. The molecule has 4 aromatic heterocycles. The molecule has 0 amide bonds. The minimum absolute atomic E-state index is 0.486. The van der Waals surface area contributed by atoms with Gasteiger partial charge in [0.15, 0.2) is 17.3 Å². The maximum atomic E-state index is 4.60. The molecule has 8 nitrogen and oxygen atoms in total. The molecule has 0 radical (unpaired) electrons. The number of H-pyrrole nitrogens is 1. The minimum atomic E-state index is 0.486. The first-order valence-corrected chi connectivity index (χ1v) is 9.22. The largest absolute Gasteiger partial charge is 0.361 e. The average molecular weight is 374 g/mol. The number of anilines is 1. The predicted molar refractivity (Wildman–Crippen MR) is 103 cm³/mol. The highest BCUT2D eigenvalue weighted by Gasteiger charge is 2.10. The Morgan fingerprint density at radius 3 is 2.78 bits per heavy atom. The molecule has 0 saturated heterocycles. The molecule has 0 fully saturated rings. The number of benzene rings is 1. The topological polar surface area (TPSA) is 96.7 Å². The van der Waals surface area contributed by atoms with E-state index in [-0.39, 0.29) is 0 Å². The Labute approximate surface area is 157 Å². The van der Waals surface area contributed by atoms with E-state index in [9.17, 15) is 0 Å². The molecular weight excluding hydrogens is 360 g/mol. The van der Waals surface area contributed by atoms with Crippen LogP contribution in [0.1, 0.15) is 5.82 Å². The zero-order valence-corrected chi connectivity index (χ0v) is 14.9. The van der Waals surface area contributed by atoms with Gasteiger partial charge in [0.1, 0.15) is 11.6 Å². The fraction of sp³-hybridized carbons (Fsp3) is 0.0556. The van der Waals surface area contributed by atoms with E-state index in [4.69, 9.17) is 0 Å². The molecule has 5 rings (SSSR count). The second-order valence-electron chi connectivity index (χ2n) is 5.81. The molecule has 0 bridgehead atoms. The van der Waals surface area contributed by atoms with Crippen LogP contribution in [0.15, 0.2) is 60.0 Å². The fourth-order valence-electron chi connectivity index (χ4n) is 2.72. The Balaban J connectivity index is 1.38. The van der Waals surface area contributed by atoms with Gasteiger partial charge < -0.3 is 5.32 Å². The van der Waals surface area contributed by atoms with Gasteiger partial charge in [-0.3, -0.25) is 5.10 Å². The molecule has 2 N–H and O–H groups in total. The zero-order chi connectivity index (χ0) is 18.1. The third-order valence-corrected chi connectivity index (χ3v) is 4.87. The number of nitrogens with zero attached hydrogens (tertiary/aromatic N) is 6.